The summed E-state index contributed by atoms with van der Waals surface area (Å²) >= 11 is 0. The quantitative estimate of drug-likeness (QED) is 0.784. The zero-order valence-corrected chi connectivity index (χ0v) is 9.80. The molecule has 1 atom stereocenters. The Labute approximate surface area is 92.1 Å². The molecule has 0 spiro atoms. The molecule has 2 N–H and O–H groups in total. The minimum Gasteiger partial charge on any atom is -0.316 e. The lowest BCUT2D eigenvalue weighted by atomic mass is 9.86. The normalized spacial score (nSPS) is 18.6. The third-order valence-electron chi connectivity index (χ3n) is 3.37. The van der Waals surface area contributed by atoms with E-state index in [0.29, 0.717) is 6.04 Å². The first-order chi connectivity index (χ1) is 7.22. The third kappa shape index (κ3) is 2.06. The lowest BCUT2D eigenvalue weighted by molar-refractivity contribution is 0.267. The van der Waals surface area contributed by atoms with Gasteiger partial charge in [-0.2, -0.15) is 0 Å². The van der Waals surface area contributed by atoms with Crippen molar-refractivity contribution in [1.29, 1.82) is 0 Å². The standard InChI is InChI=1S/C13H20N2/c1-9-4-5-10(2)12(6-9)13(14-3)11-7-15-8-11/h4-6,11,13-15H,7-8H2,1-3H3. The molecule has 1 saturated heterocycles. The molecule has 1 fully saturated rings. The Morgan fingerprint density at radius 3 is 2.60 bits per heavy atom. The number of hydrogen-bond acceptors (Lipinski definition) is 2. The molecule has 1 aromatic rings. The Morgan fingerprint density at radius 1 is 1.33 bits per heavy atom. The summed E-state index contributed by atoms with van der Waals surface area (Å²) in [5, 5.41) is 6.79. The van der Waals surface area contributed by atoms with Crippen LogP contribution in [0.3, 0.4) is 0 Å². The van der Waals surface area contributed by atoms with E-state index in [-0.39, 0.29) is 0 Å². The Hall–Kier alpha value is -0.860. The molecule has 0 aromatic heterocycles. The molecule has 2 heteroatoms. The van der Waals surface area contributed by atoms with Crippen molar-refractivity contribution in [2.45, 2.75) is 19.9 Å². The van der Waals surface area contributed by atoms with Gasteiger partial charge in [0.2, 0.25) is 0 Å². The van der Waals surface area contributed by atoms with Crippen molar-refractivity contribution in [3.8, 4) is 0 Å². The van der Waals surface area contributed by atoms with Crippen molar-refractivity contribution in [1.82, 2.24) is 10.6 Å². The van der Waals surface area contributed by atoms with E-state index in [4.69, 9.17) is 0 Å². The second kappa shape index (κ2) is 4.33. The second-order valence-electron chi connectivity index (χ2n) is 4.54. The van der Waals surface area contributed by atoms with E-state index in [1.54, 1.807) is 0 Å². The summed E-state index contributed by atoms with van der Waals surface area (Å²) in [6.07, 6.45) is 0. The molecule has 0 aliphatic carbocycles. The highest BCUT2D eigenvalue weighted by molar-refractivity contribution is 5.33. The van der Waals surface area contributed by atoms with Crippen molar-refractivity contribution in [2.75, 3.05) is 20.1 Å². The van der Waals surface area contributed by atoms with Crippen LogP contribution >= 0.6 is 0 Å². The van der Waals surface area contributed by atoms with Gasteiger partial charge in [-0.1, -0.05) is 23.8 Å². The molecule has 0 radical (unpaired) electrons. The number of benzene rings is 1. The minimum atomic E-state index is 0.506. The predicted octanol–water partition coefficient (Wildman–Crippen LogP) is 1.78. The van der Waals surface area contributed by atoms with Crippen molar-refractivity contribution < 1.29 is 0 Å². The van der Waals surface area contributed by atoms with Crippen LogP contribution in [0.15, 0.2) is 18.2 Å². The van der Waals surface area contributed by atoms with E-state index < -0.39 is 0 Å². The van der Waals surface area contributed by atoms with Crippen LogP contribution in [0.25, 0.3) is 0 Å². The summed E-state index contributed by atoms with van der Waals surface area (Å²) in [7, 11) is 2.06. The Bertz CT molecular complexity index is 342. The number of rotatable bonds is 3. The average Bonchev–Trinajstić information content (AvgIpc) is 2.15. The third-order valence-corrected chi connectivity index (χ3v) is 3.37. The fraction of sp³-hybridized carbons (Fsp3) is 0.538. The van der Waals surface area contributed by atoms with Gasteiger partial charge in [0.05, 0.1) is 0 Å². The van der Waals surface area contributed by atoms with Gasteiger partial charge >= 0.3 is 0 Å². The zero-order valence-electron chi connectivity index (χ0n) is 9.80. The Kier molecular flexibility index (Phi) is 3.08. The van der Waals surface area contributed by atoms with Gasteiger partial charge in [0.15, 0.2) is 0 Å². The minimum absolute atomic E-state index is 0.506. The molecule has 1 aliphatic rings. The summed E-state index contributed by atoms with van der Waals surface area (Å²) in [5.41, 5.74) is 4.21. The lowest BCUT2D eigenvalue weighted by Gasteiger charge is -2.35. The van der Waals surface area contributed by atoms with E-state index in [0.717, 1.165) is 19.0 Å². The molecule has 82 valence electrons. The van der Waals surface area contributed by atoms with Crippen LogP contribution in [-0.2, 0) is 0 Å². The van der Waals surface area contributed by atoms with Crippen molar-refractivity contribution in [3.63, 3.8) is 0 Å². The van der Waals surface area contributed by atoms with Crippen molar-refractivity contribution in [3.05, 3.63) is 34.9 Å². The average molecular weight is 204 g/mol. The van der Waals surface area contributed by atoms with Gasteiger partial charge in [-0.05, 0) is 32.0 Å². The van der Waals surface area contributed by atoms with Gasteiger partial charge in [0.1, 0.15) is 0 Å². The molecule has 1 unspecified atom stereocenters. The summed E-state index contributed by atoms with van der Waals surface area (Å²) < 4.78 is 0. The van der Waals surface area contributed by atoms with Crippen LogP contribution in [0.2, 0.25) is 0 Å². The topological polar surface area (TPSA) is 24.1 Å². The maximum absolute atomic E-state index is 3.45. The summed E-state index contributed by atoms with van der Waals surface area (Å²) in [4.78, 5) is 0. The highest BCUT2D eigenvalue weighted by Crippen LogP contribution is 2.27. The first-order valence-electron chi connectivity index (χ1n) is 5.67. The molecular formula is C13H20N2. The molecule has 0 bridgehead atoms. The largest absolute Gasteiger partial charge is 0.316 e. The Balaban J connectivity index is 2.28. The van der Waals surface area contributed by atoms with Crippen LogP contribution < -0.4 is 10.6 Å². The van der Waals surface area contributed by atoms with Crippen LogP contribution in [0.1, 0.15) is 22.7 Å². The first kappa shape index (κ1) is 10.7. The fourth-order valence-corrected chi connectivity index (χ4v) is 2.29. The number of nitrogens with one attached hydrogen (secondary N) is 2. The maximum Gasteiger partial charge on any atom is 0.0373 e. The van der Waals surface area contributed by atoms with E-state index in [1.807, 2.05) is 0 Å². The highest BCUT2D eigenvalue weighted by Gasteiger charge is 2.27. The first-order valence-corrected chi connectivity index (χ1v) is 5.67. The van der Waals surface area contributed by atoms with E-state index in [9.17, 15) is 0 Å². The summed E-state index contributed by atoms with van der Waals surface area (Å²) in [5.74, 6) is 0.746. The van der Waals surface area contributed by atoms with Gasteiger partial charge in [-0.3, -0.25) is 0 Å². The predicted molar refractivity (Wildman–Crippen MR) is 64.1 cm³/mol. The van der Waals surface area contributed by atoms with E-state index in [1.165, 1.54) is 16.7 Å². The molecular weight excluding hydrogens is 184 g/mol. The van der Waals surface area contributed by atoms with Crippen LogP contribution in [-0.4, -0.2) is 20.1 Å². The fourth-order valence-electron chi connectivity index (χ4n) is 2.29. The van der Waals surface area contributed by atoms with Gasteiger partial charge in [0.25, 0.3) is 0 Å². The smallest absolute Gasteiger partial charge is 0.0373 e. The lowest BCUT2D eigenvalue weighted by Crippen LogP contribution is -2.48. The Morgan fingerprint density at radius 2 is 2.07 bits per heavy atom. The zero-order chi connectivity index (χ0) is 10.8. The van der Waals surface area contributed by atoms with E-state index in [2.05, 4.69) is 49.7 Å². The van der Waals surface area contributed by atoms with Crippen molar-refractivity contribution >= 4 is 0 Å². The van der Waals surface area contributed by atoms with Gasteiger partial charge in [-0.25, -0.2) is 0 Å². The number of hydrogen-bond donors (Lipinski definition) is 2. The van der Waals surface area contributed by atoms with Crippen LogP contribution in [0, 0.1) is 19.8 Å². The van der Waals surface area contributed by atoms with Crippen LogP contribution in [0.4, 0.5) is 0 Å². The molecule has 0 saturated carbocycles. The highest BCUT2D eigenvalue weighted by atomic mass is 15.0. The molecule has 15 heavy (non-hydrogen) atoms. The van der Waals surface area contributed by atoms with Gasteiger partial charge < -0.3 is 10.6 Å². The SMILES string of the molecule is CNC(c1cc(C)ccc1C)C1CNC1. The maximum atomic E-state index is 3.45. The van der Waals surface area contributed by atoms with Gasteiger partial charge in [0, 0.05) is 25.0 Å². The van der Waals surface area contributed by atoms with E-state index >= 15 is 0 Å². The molecule has 1 aromatic carbocycles. The summed E-state index contributed by atoms with van der Waals surface area (Å²) in [6, 6.07) is 7.23. The molecule has 0 amide bonds. The van der Waals surface area contributed by atoms with Crippen LogP contribution in [0.5, 0.6) is 0 Å². The summed E-state index contributed by atoms with van der Waals surface area (Å²) in [6.45, 7) is 6.64. The second-order valence-corrected chi connectivity index (χ2v) is 4.54. The number of aryl methyl sites for hydroxylation is 2. The van der Waals surface area contributed by atoms with Crippen molar-refractivity contribution in [2.24, 2.45) is 5.92 Å². The molecule has 1 heterocycles. The monoisotopic (exact) mass is 204 g/mol. The molecule has 2 rings (SSSR count). The van der Waals surface area contributed by atoms with Gasteiger partial charge in [-0.15, -0.1) is 0 Å². The molecule has 1 aliphatic heterocycles. The molecule has 2 nitrogen and oxygen atoms in total.